The maximum absolute atomic E-state index is 11.5. The van der Waals surface area contributed by atoms with Crippen LogP contribution in [0.5, 0.6) is 0 Å². The second-order valence-electron chi connectivity index (χ2n) is 2.71. The first kappa shape index (κ1) is 10.2. The molecule has 0 saturated carbocycles. The maximum atomic E-state index is 11.5. The molecule has 0 aromatic rings. The molecule has 0 bridgehead atoms. The molecule has 4 nitrogen and oxygen atoms in total. The van der Waals surface area contributed by atoms with Crippen molar-refractivity contribution >= 4 is 7.82 Å². The summed E-state index contributed by atoms with van der Waals surface area (Å²) in [7, 11) is -1.85. The minimum absolute atomic E-state index is 0.463. The van der Waals surface area contributed by atoms with E-state index in [1.165, 1.54) is 7.11 Å². The zero-order valence-corrected chi connectivity index (χ0v) is 8.22. The summed E-state index contributed by atoms with van der Waals surface area (Å²) in [5.74, 6) is 0. The maximum Gasteiger partial charge on any atom is 0.474 e. The predicted octanol–water partition coefficient (Wildman–Crippen LogP) is 2.35. The van der Waals surface area contributed by atoms with Gasteiger partial charge in [-0.25, -0.2) is 4.57 Å². The van der Waals surface area contributed by atoms with Crippen LogP contribution < -0.4 is 0 Å². The van der Waals surface area contributed by atoms with Crippen molar-refractivity contribution < 1.29 is 18.1 Å². The van der Waals surface area contributed by atoms with E-state index in [-0.39, 0.29) is 0 Å². The lowest BCUT2D eigenvalue weighted by Crippen LogP contribution is -1.98. The molecule has 0 aliphatic carbocycles. The largest absolute Gasteiger partial charge is 0.474 e. The van der Waals surface area contributed by atoms with Gasteiger partial charge < -0.3 is 0 Å². The van der Waals surface area contributed by atoms with Gasteiger partial charge in [-0.1, -0.05) is 12.8 Å². The average molecular weight is 194 g/mol. The molecule has 0 amide bonds. The van der Waals surface area contributed by atoms with Gasteiger partial charge in [0.15, 0.2) is 0 Å². The van der Waals surface area contributed by atoms with Crippen LogP contribution in [0, 0.1) is 0 Å². The Morgan fingerprint density at radius 3 is 2.00 bits per heavy atom. The van der Waals surface area contributed by atoms with Crippen LogP contribution in [0.3, 0.4) is 0 Å². The molecule has 0 radical (unpaired) electrons. The molecule has 1 heterocycles. The molecule has 1 aliphatic rings. The minimum Gasteiger partial charge on any atom is -0.290 e. The summed E-state index contributed by atoms with van der Waals surface area (Å²) in [4.78, 5) is 0. The zero-order valence-electron chi connectivity index (χ0n) is 7.32. The molecule has 0 spiro atoms. The smallest absolute Gasteiger partial charge is 0.290 e. The molecule has 1 aliphatic heterocycles. The summed E-state index contributed by atoms with van der Waals surface area (Å²) in [6.07, 6.45) is 4.06. The van der Waals surface area contributed by atoms with Crippen molar-refractivity contribution in [2.75, 3.05) is 20.3 Å². The molecule has 0 atom stereocenters. The number of rotatable bonds is 1. The van der Waals surface area contributed by atoms with Crippen LogP contribution >= 0.6 is 7.82 Å². The van der Waals surface area contributed by atoms with Crippen LogP contribution in [-0.2, 0) is 18.1 Å². The summed E-state index contributed by atoms with van der Waals surface area (Å²) < 4.78 is 26.2. The van der Waals surface area contributed by atoms with Crippen molar-refractivity contribution in [3.8, 4) is 0 Å². The summed E-state index contributed by atoms with van der Waals surface area (Å²) in [5, 5.41) is 0. The third kappa shape index (κ3) is 3.23. The van der Waals surface area contributed by atoms with E-state index in [2.05, 4.69) is 4.52 Å². The van der Waals surface area contributed by atoms with E-state index in [0.717, 1.165) is 25.7 Å². The Balaban J connectivity index is 2.44. The molecule has 0 N–H and O–H groups in total. The molecule has 1 rings (SSSR count). The molecule has 0 aromatic carbocycles. The van der Waals surface area contributed by atoms with E-state index in [9.17, 15) is 4.57 Å². The molecular weight excluding hydrogens is 179 g/mol. The highest BCUT2D eigenvalue weighted by Crippen LogP contribution is 2.49. The van der Waals surface area contributed by atoms with Crippen molar-refractivity contribution in [3.63, 3.8) is 0 Å². The highest BCUT2D eigenvalue weighted by atomic mass is 31.2. The van der Waals surface area contributed by atoms with Gasteiger partial charge in [-0.05, 0) is 12.8 Å². The molecule has 0 aromatic heterocycles. The lowest BCUT2D eigenvalue weighted by molar-refractivity contribution is 0.135. The highest BCUT2D eigenvalue weighted by molar-refractivity contribution is 7.48. The number of phosphoric ester groups is 1. The van der Waals surface area contributed by atoms with E-state index in [1.807, 2.05) is 0 Å². The average Bonchev–Trinajstić information content (AvgIpc) is 2.18. The van der Waals surface area contributed by atoms with Crippen molar-refractivity contribution in [2.45, 2.75) is 25.7 Å². The van der Waals surface area contributed by atoms with Gasteiger partial charge in [0.2, 0.25) is 0 Å². The van der Waals surface area contributed by atoms with Gasteiger partial charge in [0, 0.05) is 7.11 Å². The first-order valence-electron chi connectivity index (χ1n) is 4.22. The van der Waals surface area contributed by atoms with E-state index < -0.39 is 7.82 Å². The van der Waals surface area contributed by atoms with Crippen LogP contribution in [0.4, 0.5) is 0 Å². The topological polar surface area (TPSA) is 44.8 Å². The molecule has 1 saturated heterocycles. The van der Waals surface area contributed by atoms with Crippen molar-refractivity contribution in [2.24, 2.45) is 0 Å². The monoisotopic (exact) mass is 194 g/mol. The molecule has 0 unspecified atom stereocenters. The summed E-state index contributed by atoms with van der Waals surface area (Å²) in [5.41, 5.74) is 0. The van der Waals surface area contributed by atoms with Crippen molar-refractivity contribution in [1.29, 1.82) is 0 Å². The third-order valence-electron chi connectivity index (χ3n) is 1.76. The van der Waals surface area contributed by atoms with Gasteiger partial charge in [0.05, 0.1) is 13.2 Å². The fraction of sp³-hybridized carbons (Fsp3) is 1.00. The van der Waals surface area contributed by atoms with Crippen molar-refractivity contribution in [1.82, 2.24) is 0 Å². The molecular formula is C7H15O4P. The molecule has 1 fully saturated rings. The second-order valence-corrected chi connectivity index (χ2v) is 4.49. The second kappa shape index (κ2) is 4.97. The Morgan fingerprint density at radius 2 is 1.58 bits per heavy atom. The van der Waals surface area contributed by atoms with Crippen LogP contribution in [0.2, 0.25) is 0 Å². The van der Waals surface area contributed by atoms with Crippen LogP contribution in [0.15, 0.2) is 0 Å². The van der Waals surface area contributed by atoms with Gasteiger partial charge in [0.1, 0.15) is 0 Å². The molecule has 12 heavy (non-hydrogen) atoms. The van der Waals surface area contributed by atoms with E-state index >= 15 is 0 Å². The normalized spacial score (nSPS) is 25.4. The van der Waals surface area contributed by atoms with Crippen LogP contribution in [0.1, 0.15) is 25.7 Å². The number of phosphoric acid groups is 1. The van der Waals surface area contributed by atoms with Gasteiger partial charge >= 0.3 is 7.82 Å². The third-order valence-corrected chi connectivity index (χ3v) is 3.21. The summed E-state index contributed by atoms with van der Waals surface area (Å²) in [6, 6.07) is 0. The Bertz CT molecular complexity index is 157. The Hall–Kier alpha value is 0.110. The Kier molecular flexibility index (Phi) is 4.22. The van der Waals surface area contributed by atoms with Gasteiger partial charge in [0.25, 0.3) is 0 Å². The van der Waals surface area contributed by atoms with Crippen molar-refractivity contribution in [3.05, 3.63) is 0 Å². The Morgan fingerprint density at radius 1 is 1.08 bits per heavy atom. The standard InChI is InChI=1S/C7H15O4P/c1-9-12(8)10-6-4-2-3-5-7-11-12/h2-7H2,1H3. The lowest BCUT2D eigenvalue weighted by Gasteiger charge is -2.13. The first-order chi connectivity index (χ1) is 5.77. The van der Waals surface area contributed by atoms with Gasteiger partial charge in [-0.15, -0.1) is 0 Å². The lowest BCUT2D eigenvalue weighted by atomic mass is 10.2. The molecule has 72 valence electrons. The SMILES string of the molecule is COP1(=O)OCCCCCCO1. The minimum atomic E-state index is -3.19. The fourth-order valence-corrected chi connectivity index (χ4v) is 2.04. The van der Waals surface area contributed by atoms with E-state index in [4.69, 9.17) is 9.05 Å². The first-order valence-corrected chi connectivity index (χ1v) is 5.68. The highest BCUT2D eigenvalue weighted by Gasteiger charge is 2.24. The quantitative estimate of drug-likeness (QED) is 0.601. The number of hydrogen-bond donors (Lipinski definition) is 0. The number of hydrogen-bond acceptors (Lipinski definition) is 4. The van der Waals surface area contributed by atoms with E-state index in [1.54, 1.807) is 0 Å². The van der Waals surface area contributed by atoms with E-state index in [0.29, 0.717) is 13.2 Å². The Labute approximate surface area is 72.8 Å². The van der Waals surface area contributed by atoms with Crippen LogP contribution in [0.25, 0.3) is 0 Å². The molecule has 5 heteroatoms. The fourth-order valence-electron chi connectivity index (χ4n) is 1.05. The summed E-state index contributed by atoms with van der Waals surface area (Å²) in [6.45, 7) is 0.927. The van der Waals surface area contributed by atoms with Gasteiger partial charge in [-0.2, -0.15) is 0 Å². The van der Waals surface area contributed by atoms with Crippen LogP contribution in [-0.4, -0.2) is 20.3 Å². The summed E-state index contributed by atoms with van der Waals surface area (Å²) >= 11 is 0. The predicted molar refractivity (Wildman–Crippen MR) is 45.0 cm³/mol. The van der Waals surface area contributed by atoms with Gasteiger partial charge in [-0.3, -0.25) is 13.6 Å². The zero-order chi connectivity index (χ0) is 8.86.